The second-order valence-corrected chi connectivity index (χ2v) is 9.62. The highest BCUT2D eigenvalue weighted by atomic mass is 16.1. The lowest BCUT2D eigenvalue weighted by Crippen LogP contribution is -2.47. The first-order valence-corrected chi connectivity index (χ1v) is 12.2. The number of aromatic nitrogens is 2. The zero-order valence-corrected chi connectivity index (χ0v) is 21.0. The van der Waals surface area contributed by atoms with E-state index in [1.54, 1.807) is 0 Å². The van der Waals surface area contributed by atoms with Gasteiger partial charge in [0.05, 0.1) is 19.0 Å². The van der Waals surface area contributed by atoms with Gasteiger partial charge in [-0.1, -0.05) is 72.3 Å². The van der Waals surface area contributed by atoms with Gasteiger partial charge in [0.15, 0.2) is 0 Å². The Morgan fingerprint density at radius 2 is 1.54 bits per heavy atom. The molecule has 3 aromatic carbocycles. The largest absolute Gasteiger partial charge is 0.298 e. The summed E-state index contributed by atoms with van der Waals surface area (Å²) >= 11 is 0. The van der Waals surface area contributed by atoms with Crippen LogP contribution in [-0.4, -0.2) is 21.1 Å². The second-order valence-electron chi connectivity index (χ2n) is 9.62. The molecule has 5 nitrogen and oxygen atoms in total. The minimum absolute atomic E-state index is 0.0419. The molecule has 5 rings (SSSR count). The second kappa shape index (κ2) is 9.51. The fourth-order valence-electron chi connectivity index (χ4n) is 4.79. The lowest BCUT2D eigenvalue weighted by molar-refractivity contribution is 0.189. The molecule has 1 aliphatic heterocycles. The average molecular weight is 465 g/mol. The molecule has 35 heavy (non-hydrogen) atoms. The van der Waals surface area contributed by atoms with Crippen molar-refractivity contribution in [1.29, 1.82) is 0 Å². The van der Waals surface area contributed by atoms with Crippen molar-refractivity contribution in [2.24, 2.45) is 0 Å². The van der Waals surface area contributed by atoms with E-state index in [9.17, 15) is 4.79 Å². The number of aryl methyl sites for hydroxylation is 3. The van der Waals surface area contributed by atoms with Gasteiger partial charge in [-0.2, -0.15) is 0 Å². The van der Waals surface area contributed by atoms with Crippen LogP contribution in [0, 0.1) is 27.7 Å². The van der Waals surface area contributed by atoms with Crippen LogP contribution in [0.3, 0.4) is 0 Å². The molecule has 1 aromatic heterocycles. The monoisotopic (exact) mass is 464 g/mol. The van der Waals surface area contributed by atoms with Crippen LogP contribution in [0.5, 0.6) is 0 Å². The van der Waals surface area contributed by atoms with Crippen LogP contribution in [0.4, 0.5) is 11.6 Å². The first-order valence-electron chi connectivity index (χ1n) is 12.2. The van der Waals surface area contributed by atoms with E-state index in [0.717, 1.165) is 35.0 Å². The summed E-state index contributed by atoms with van der Waals surface area (Å²) in [5.74, 6) is 0.721. The number of hydrogen-bond acceptors (Lipinski definition) is 4. The van der Waals surface area contributed by atoms with Crippen molar-refractivity contribution in [2.45, 2.75) is 47.3 Å². The van der Waals surface area contributed by atoms with Crippen LogP contribution < -0.4 is 10.5 Å². The highest BCUT2D eigenvalue weighted by Crippen LogP contribution is 2.32. The minimum atomic E-state index is 0.0419. The van der Waals surface area contributed by atoms with Crippen LogP contribution in [0.2, 0.25) is 0 Å². The predicted octanol–water partition coefficient (Wildman–Crippen LogP) is 5.64. The third-order valence-electron chi connectivity index (χ3n) is 6.99. The smallest absolute Gasteiger partial charge is 0.259 e. The Labute approximate surface area is 207 Å². The van der Waals surface area contributed by atoms with Crippen molar-refractivity contribution in [3.05, 3.63) is 122 Å². The van der Waals surface area contributed by atoms with Gasteiger partial charge in [-0.25, -0.2) is 4.98 Å². The molecule has 0 fully saturated rings. The minimum Gasteiger partial charge on any atom is -0.298 e. The van der Waals surface area contributed by atoms with Crippen LogP contribution >= 0.6 is 0 Å². The predicted molar refractivity (Wildman–Crippen MR) is 142 cm³/mol. The van der Waals surface area contributed by atoms with Crippen LogP contribution in [0.25, 0.3) is 0 Å². The quantitative estimate of drug-likeness (QED) is 0.383. The fourth-order valence-corrected chi connectivity index (χ4v) is 4.79. The topological polar surface area (TPSA) is 41.4 Å². The van der Waals surface area contributed by atoms with E-state index in [1.807, 2.05) is 29.7 Å². The van der Waals surface area contributed by atoms with E-state index in [-0.39, 0.29) is 5.56 Å². The van der Waals surface area contributed by atoms with E-state index >= 15 is 0 Å². The summed E-state index contributed by atoms with van der Waals surface area (Å²) in [4.78, 5) is 23.4. The van der Waals surface area contributed by atoms with E-state index in [4.69, 9.17) is 4.98 Å². The highest BCUT2D eigenvalue weighted by molar-refractivity contribution is 5.64. The van der Waals surface area contributed by atoms with Crippen molar-refractivity contribution in [1.82, 2.24) is 14.5 Å². The highest BCUT2D eigenvalue weighted by Gasteiger charge is 2.29. The molecular weight excluding hydrogens is 432 g/mol. The van der Waals surface area contributed by atoms with Gasteiger partial charge in [-0.05, 0) is 56.0 Å². The van der Waals surface area contributed by atoms with Gasteiger partial charge in [0.1, 0.15) is 0 Å². The Morgan fingerprint density at radius 3 is 2.29 bits per heavy atom. The summed E-state index contributed by atoms with van der Waals surface area (Å²) < 4.78 is 1.85. The molecule has 4 aromatic rings. The van der Waals surface area contributed by atoms with Crippen molar-refractivity contribution < 1.29 is 0 Å². The average Bonchev–Trinajstić information content (AvgIpc) is 2.86. The first-order chi connectivity index (χ1) is 16.9. The zero-order valence-electron chi connectivity index (χ0n) is 21.0. The molecule has 0 saturated heterocycles. The maximum atomic E-state index is 13.9. The van der Waals surface area contributed by atoms with Crippen molar-refractivity contribution in [3.63, 3.8) is 0 Å². The van der Waals surface area contributed by atoms with Crippen molar-refractivity contribution >= 4 is 11.6 Å². The molecule has 0 amide bonds. The third kappa shape index (κ3) is 4.64. The molecule has 2 heterocycles. The number of nitrogens with zero attached hydrogens (tertiary/aromatic N) is 4. The SMILES string of the molecule is Cc1ccc(CN2CN(c3cccc(C)c3C)c3nc(C)c(Cc4ccccc4)c(=O)n3C2)cc1. The Hall–Kier alpha value is -3.70. The number of benzene rings is 3. The van der Waals surface area contributed by atoms with E-state index in [1.165, 1.54) is 22.3 Å². The molecule has 0 aliphatic carbocycles. The van der Waals surface area contributed by atoms with Crippen molar-refractivity contribution in [2.75, 3.05) is 11.6 Å². The van der Waals surface area contributed by atoms with E-state index < -0.39 is 0 Å². The summed E-state index contributed by atoms with van der Waals surface area (Å²) in [6.07, 6.45) is 0.584. The molecule has 1 aliphatic rings. The van der Waals surface area contributed by atoms with Crippen molar-refractivity contribution in [3.8, 4) is 0 Å². The first kappa shape index (κ1) is 23.1. The summed E-state index contributed by atoms with van der Waals surface area (Å²) in [5, 5.41) is 0. The molecule has 0 unspecified atom stereocenters. The number of anilines is 2. The summed E-state index contributed by atoms with van der Waals surface area (Å²) in [7, 11) is 0. The molecule has 5 heteroatoms. The molecule has 0 saturated carbocycles. The van der Waals surface area contributed by atoms with Gasteiger partial charge >= 0.3 is 0 Å². The molecular formula is C30H32N4O. The van der Waals surface area contributed by atoms with Gasteiger partial charge in [0, 0.05) is 24.2 Å². The molecule has 0 radical (unpaired) electrons. The maximum absolute atomic E-state index is 13.9. The summed E-state index contributed by atoms with van der Waals surface area (Å²) in [6, 6.07) is 25.1. The normalized spacial score (nSPS) is 13.7. The van der Waals surface area contributed by atoms with Crippen LogP contribution in [0.15, 0.2) is 77.6 Å². The molecule has 0 N–H and O–H groups in total. The Balaban J connectivity index is 1.60. The lowest BCUT2D eigenvalue weighted by atomic mass is 10.0. The van der Waals surface area contributed by atoms with Gasteiger partial charge in [-0.3, -0.25) is 19.2 Å². The maximum Gasteiger partial charge on any atom is 0.259 e. The number of rotatable bonds is 5. The third-order valence-corrected chi connectivity index (χ3v) is 6.99. The molecule has 0 atom stereocenters. The van der Waals surface area contributed by atoms with Gasteiger partial charge < -0.3 is 0 Å². The number of hydrogen-bond donors (Lipinski definition) is 0. The number of fused-ring (bicyclic) bond motifs is 1. The zero-order chi connectivity index (χ0) is 24.5. The van der Waals surface area contributed by atoms with E-state index in [0.29, 0.717) is 19.8 Å². The van der Waals surface area contributed by atoms with Crippen LogP contribution in [0.1, 0.15) is 39.1 Å². The lowest BCUT2D eigenvalue weighted by Gasteiger charge is -2.39. The Bertz CT molecular complexity index is 1410. The van der Waals surface area contributed by atoms with Crippen LogP contribution in [-0.2, 0) is 19.6 Å². The van der Waals surface area contributed by atoms with Gasteiger partial charge in [-0.15, -0.1) is 0 Å². The molecule has 0 spiro atoms. The molecule has 0 bridgehead atoms. The van der Waals surface area contributed by atoms with E-state index in [2.05, 4.69) is 85.2 Å². The Morgan fingerprint density at radius 1 is 0.800 bits per heavy atom. The van der Waals surface area contributed by atoms with Gasteiger partial charge in [0.2, 0.25) is 5.95 Å². The summed E-state index contributed by atoms with van der Waals surface area (Å²) in [5.41, 5.74) is 8.73. The fraction of sp³-hybridized carbons (Fsp3) is 0.267. The molecule has 178 valence electrons. The summed E-state index contributed by atoms with van der Waals surface area (Å²) in [6.45, 7) is 10.3. The Kier molecular flexibility index (Phi) is 6.27. The standard InChI is InChI=1S/C30H32N4O/c1-21-13-15-26(16-14-21)18-32-19-33(28-12-8-9-22(2)23(28)3)30-31-24(4)27(29(35)34(30)20-32)17-25-10-6-5-7-11-25/h5-16H,17-20H2,1-4H3. The van der Waals surface area contributed by atoms with Gasteiger partial charge in [0.25, 0.3) is 5.56 Å².